The van der Waals surface area contributed by atoms with E-state index >= 15 is 0 Å². The summed E-state index contributed by atoms with van der Waals surface area (Å²) in [5, 5.41) is 3.86. The van der Waals surface area contributed by atoms with Crippen molar-refractivity contribution in [2.45, 2.75) is 51.3 Å². The number of amides is 1. The maximum absolute atomic E-state index is 13.6. The zero-order valence-electron chi connectivity index (χ0n) is 23.6. The Balaban J connectivity index is 1.82. The number of carbonyl (C=O) groups excluding carboxylic acids is 1. The van der Waals surface area contributed by atoms with Gasteiger partial charge >= 0.3 is 0 Å². The molecule has 0 fully saturated rings. The van der Waals surface area contributed by atoms with E-state index in [9.17, 15) is 13.2 Å². The van der Waals surface area contributed by atoms with Crippen LogP contribution in [0.4, 0.5) is 5.69 Å². The molecule has 1 amide bonds. The highest BCUT2D eigenvalue weighted by molar-refractivity contribution is 7.73. The Morgan fingerprint density at radius 3 is 1.97 bits per heavy atom. The van der Waals surface area contributed by atoms with Crippen molar-refractivity contribution >= 4 is 33.1 Å². The molecule has 6 heteroatoms. The minimum absolute atomic E-state index is 0.0167. The summed E-state index contributed by atoms with van der Waals surface area (Å²) < 4.78 is 25.5. The summed E-state index contributed by atoms with van der Waals surface area (Å²) in [5.74, 6) is -0.501. The van der Waals surface area contributed by atoms with Crippen molar-refractivity contribution in [3.05, 3.63) is 101 Å². The summed E-state index contributed by atoms with van der Waals surface area (Å²) in [6.45, 7) is 8.97. The Hall–Kier alpha value is -3.48. The van der Waals surface area contributed by atoms with Gasteiger partial charge in [0.1, 0.15) is 0 Å². The highest BCUT2D eigenvalue weighted by Crippen LogP contribution is 2.40. The topological polar surface area (TPSA) is 66.5 Å². The van der Waals surface area contributed by atoms with Crippen molar-refractivity contribution in [3.8, 4) is 11.1 Å². The van der Waals surface area contributed by atoms with Crippen LogP contribution in [0.3, 0.4) is 0 Å². The van der Waals surface area contributed by atoms with Gasteiger partial charge in [0, 0.05) is 12.2 Å². The van der Waals surface area contributed by atoms with Gasteiger partial charge in [-0.05, 0) is 82.2 Å². The molecule has 0 heterocycles. The number of hydrogen-bond donors (Lipinski definition) is 2. The Morgan fingerprint density at radius 2 is 1.41 bits per heavy atom. The molecule has 0 aliphatic carbocycles. The first-order chi connectivity index (χ1) is 18.6. The molecule has 1 atom stereocenters. The Bertz CT molecular complexity index is 1510. The summed E-state index contributed by atoms with van der Waals surface area (Å²) in [6.07, 6.45) is 0. The van der Waals surface area contributed by atoms with Crippen molar-refractivity contribution in [1.29, 1.82) is 0 Å². The number of benzene rings is 4. The molecular formula is C33H38N2O3S. The average Bonchev–Trinajstić information content (AvgIpc) is 2.88. The minimum Gasteiger partial charge on any atom is -0.325 e. The summed E-state index contributed by atoms with van der Waals surface area (Å²) in [7, 11) is 0.904. The van der Waals surface area contributed by atoms with Crippen molar-refractivity contribution in [2.75, 3.05) is 19.4 Å². The van der Waals surface area contributed by atoms with Crippen LogP contribution in [-0.4, -0.2) is 33.3 Å². The first-order valence-corrected chi connectivity index (χ1v) is 14.6. The van der Waals surface area contributed by atoms with Crippen molar-refractivity contribution in [1.82, 2.24) is 4.90 Å². The molecule has 0 radical (unpaired) electrons. The van der Waals surface area contributed by atoms with E-state index in [0.29, 0.717) is 11.3 Å². The van der Waals surface area contributed by atoms with Crippen LogP contribution >= 0.6 is 0 Å². The van der Waals surface area contributed by atoms with Gasteiger partial charge in [0.05, 0.1) is 0 Å². The number of rotatable bonds is 9. The third-order valence-electron chi connectivity index (χ3n) is 7.04. The first-order valence-electron chi connectivity index (χ1n) is 13.4. The maximum Gasteiger partial charge on any atom is 0.247 e. The van der Waals surface area contributed by atoms with Crippen LogP contribution in [0, 0.1) is 0 Å². The van der Waals surface area contributed by atoms with E-state index < -0.39 is 21.9 Å². The number of anilines is 1. The predicted octanol–water partition coefficient (Wildman–Crippen LogP) is 7.11. The van der Waals surface area contributed by atoms with Gasteiger partial charge < -0.3 is 10.2 Å². The summed E-state index contributed by atoms with van der Waals surface area (Å²) in [5.41, 5.74) is 6.16. The summed E-state index contributed by atoms with van der Waals surface area (Å²) in [6, 6.07) is 26.2. The Morgan fingerprint density at radius 1 is 0.821 bits per heavy atom. The SMILES string of the molecule is CC(C)c1cc(-c2cccc3ccccc23)cc(C(C)C)c1C(C(=O)Nc1ccc(CN(C)C)cc1)[SH](=O)=O. The molecule has 204 valence electrons. The fraction of sp³-hybridized carbons (Fsp3) is 0.303. The second-order valence-electron chi connectivity index (χ2n) is 11.0. The van der Waals surface area contributed by atoms with Crippen LogP contribution in [0.2, 0.25) is 0 Å². The third kappa shape index (κ3) is 6.40. The highest BCUT2D eigenvalue weighted by atomic mass is 32.2. The van der Waals surface area contributed by atoms with Crippen molar-refractivity contribution in [2.24, 2.45) is 0 Å². The zero-order valence-corrected chi connectivity index (χ0v) is 24.5. The minimum atomic E-state index is -3.09. The number of nitrogens with one attached hydrogen (secondary N) is 1. The molecule has 0 aliphatic heterocycles. The smallest absolute Gasteiger partial charge is 0.247 e. The van der Waals surface area contributed by atoms with E-state index in [1.165, 1.54) is 0 Å². The molecular weight excluding hydrogens is 504 g/mol. The van der Waals surface area contributed by atoms with Crippen LogP contribution in [0.5, 0.6) is 0 Å². The van der Waals surface area contributed by atoms with Gasteiger partial charge in [-0.3, -0.25) is 4.79 Å². The lowest BCUT2D eigenvalue weighted by atomic mass is 9.83. The van der Waals surface area contributed by atoms with Crippen LogP contribution < -0.4 is 5.32 Å². The molecule has 4 rings (SSSR count). The monoisotopic (exact) mass is 542 g/mol. The van der Waals surface area contributed by atoms with Gasteiger partial charge in [0.15, 0.2) is 16.0 Å². The van der Waals surface area contributed by atoms with E-state index in [0.717, 1.165) is 45.1 Å². The standard InChI is InChI=1S/C33H38N2O3S/c1-21(2)29-18-25(28-13-9-11-24-10-7-8-12-27(24)28)19-30(22(3)4)31(29)32(39(37)38)33(36)34-26-16-14-23(15-17-26)20-35(5)6/h7-19,21-22,32,39H,20H2,1-6H3,(H,34,36). The molecule has 0 saturated carbocycles. The number of thiol groups is 1. The quantitative estimate of drug-likeness (QED) is 0.221. The first kappa shape index (κ1) is 28.5. The van der Waals surface area contributed by atoms with Crippen LogP contribution in [-0.2, 0) is 22.0 Å². The summed E-state index contributed by atoms with van der Waals surface area (Å²) >= 11 is 0. The van der Waals surface area contributed by atoms with E-state index in [4.69, 9.17) is 0 Å². The summed E-state index contributed by atoms with van der Waals surface area (Å²) in [4.78, 5) is 15.7. The molecule has 0 aliphatic rings. The molecule has 5 nitrogen and oxygen atoms in total. The number of fused-ring (bicyclic) bond motifs is 1. The normalized spacial score (nSPS) is 12.6. The lowest BCUT2D eigenvalue weighted by Gasteiger charge is -2.25. The van der Waals surface area contributed by atoms with Gasteiger partial charge in [-0.2, -0.15) is 0 Å². The van der Waals surface area contributed by atoms with Crippen LogP contribution in [0.1, 0.15) is 67.0 Å². The van der Waals surface area contributed by atoms with Crippen LogP contribution in [0.25, 0.3) is 21.9 Å². The zero-order chi connectivity index (χ0) is 28.3. The molecule has 0 saturated heterocycles. The number of nitrogens with zero attached hydrogens (tertiary/aromatic N) is 1. The van der Waals surface area contributed by atoms with E-state index in [2.05, 4.69) is 46.6 Å². The maximum atomic E-state index is 13.6. The van der Waals surface area contributed by atoms with Gasteiger partial charge in [-0.15, -0.1) is 0 Å². The Kier molecular flexibility index (Phi) is 8.88. The molecule has 0 spiro atoms. The molecule has 1 unspecified atom stereocenters. The highest BCUT2D eigenvalue weighted by Gasteiger charge is 2.31. The predicted molar refractivity (Wildman–Crippen MR) is 163 cm³/mol. The molecule has 1 N–H and O–H groups in total. The third-order valence-corrected chi connectivity index (χ3v) is 7.96. The van der Waals surface area contributed by atoms with Gasteiger partial charge in [0.25, 0.3) is 0 Å². The average molecular weight is 543 g/mol. The van der Waals surface area contributed by atoms with E-state index in [-0.39, 0.29) is 11.8 Å². The molecule has 39 heavy (non-hydrogen) atoms. The molecule has 0 aromatic heterocycles. The molecule has 4 aromatic rings. The largest absolute Gasteiger partial charge is 0.325 e. The van der Waals surface area contributed by atoms with Crippen LogP contribution in [0.15, 0.2) is 78.9 Å². The number of hydrogen-bond acceptors (Lipinski definition) is 4. The van der Waals surface area contributed by atoms with Gasteiger partial charge in [-0.1, -0.05) is 94.4 Å². The Labute approximate surface area is 233 Å². The fourth-order valence-electron chi connectivity index (χ4n) is 5.20. The van der Waals surface area contributed by atoms with Crippen molar-refractivity contribution in [3.63, 3.8) is 0 Å². The lowest BCUT2D eigenvalue weighted by Crippen LogP contribution is -2.25. The van der Waals surface area contributed by atoms with Crippen molar-refractivity contribution < 1.29 is 13.2 Å². The lowest BCUT2D eigenvalue weighted by molar-refractivity contribution is -0.115. The second kappa shape index (κ2) is 12.1. The molecule has 4 aromatic carbocycles. The van der Waals surface area contributed by atoms with E-state index in [1.807, 2.05) is 84.3 Å². The van der Waals surface area contributed by atoms with Gasteiger partial charge in [0.2, 0.25) is 5.91 Å². The van der Waals surface area contributed by atoms with E-state index in [1.54, 1.807) is 0 Å². The number of carbonyl (C=O) groups is 1. The molecule has 0 bridgehead atoms. The second-order valence-corrected chi connectivity index (χ2v) is 12.1. The van der Waals surface area contributed by atoms with Gasteiger partial charge in [-0.25, -0.2) is 8.42 Å². The fourth-order valence-corrected chi connectivity index (χ4v) is 5.97.